The summed E-state index contributed by atoms with van der Waals surface area (Å²) in [5, 5.41) is 5.25. The number of aromatic nitrogens is 2. The van der Waals surface area contributed by atoms with Gasteiger partial charge < -0.3 is 14.7 Å². The van der Waals surface area contributed by atoms with Crippen molar-refractivity contribution in [3.63, 3.8) is 0 Å². The molecule has 0 radical (unpaired) electrons. The van der Waals surface area contributed by atoms with Gasteiger partial charge in [0, 0.05) is 22.7 Å². The molecule has 5 aromatic rings. The Morgan fingerprint density at radius 2 is 1.97 bits per heavy atom. The lowest BCUT2D eigenvalue weighted by molar-refractivity contribution is -0.121. The summed E-state index contributed by atoms with van der Waals surface area (Å²) in [6, 6.07) is 22.4. The number of H-pyrrole nitrogens is 1. The van der Waals surface area contributed by atoms with Crippen LogP contribution in [0.3, 0.4) is 0 Å². The topological polar surface area (TPSA) is 70.9 Å². The standard InChI is InChI=1S/C27H25N3O2/c1-18-11-13-24-22(16-18)21(8-4-10-26(31)28-17-20-7-5-15-32-20)27(30-24)25-14-12-19-6-2-3-9-23(19)29-25/h2-3,5-7,9,11-16,30H,4,8,10,17H2,1H3,(H,28,31). The number of nitrogens with one attached hydrogen (secondary N) is 2. The van der Waals surface area contributed by atoms with E-state index in [-0.39, 0.29) is 5.91 Å². The van der Waals surface area contributed by atoms with Gasteiger partial charge in [-0.1, -0.05) is 35.9 Å². The molecular formula is C27H25N3O2. The van der Waals surface area contributed by atoms with E-state index in [1.165, 1.54) is 16.5 Å². The van der Waals surface area contributed by atoms with Crippen molar-refractivity contribution in [2.75, 3.05) is 0 Å². The summed E-state index contributed by atoms with van der Waals surface area (Å²) in [6.45, 7) is 2.52. The van der Waals surface area contributed by atoms with Crippen LogP contribution in [0.15, 0.2) is 77.4 Å². The number of aryl methyl sites for hydroxylation is 2. The van der Waals surface area contributed by atoms with Gasteiger partial charge in [0.05, 0.1) is 29.7 Å². The van der Waals surface area contributed by atoms with Crippen LogP contribution in [0.1, 0.15) is 29.7 Å². The van der Waals surface area contributed by atoms with E-state index in [4.69, 9.17) is 9.40 Å². The van der Waals surface area contributed by atoms with Crippen LogP contribution in [0.5, 0.6) is 0 Å². The maximum Gasteiger partial charge on any atom is 0.220 e. The van der Waals surface area contributed by atoms with E-state index in [1.54, 1.807) is 6.26 Å². The van der Waals surface area contributed by atoms with E-state index in [0.29, 0.717) is 13.0 Å². The Morgan fingerprint density at radius 1 is 1.06 bits per heavy atom. The molecule has 0 aliphatic carbocycles. The molecule has 5 heteroatoms. The molecule has 0 bridgehead atoms. The Bertz CT molecular complexity index is 1380. The third-order valence-corrected chi connectivity index (χ3v) is 5.79. The van der Waals surface area contributed by atoms with Gasteiger partial charge in [0.15, 0.2) is 0 Å². The highest BCUT2D eigenvalue weighted by atomic mass is 16.3. The summed E-state index contributed by atoms with van der Waals surface area (Å²) < 4.78 is 5.28. The van der Waals surface area contributed by atoms with E-state index >= 15 is 0 Å². The zero-order valence-electron chi connectivity index (χ0n) is 18.0. The molecule has 2 N–H and O–H groups in total. The molecule has 160 valence electrons. The van der Waals surface area contributed by atoms with Gasteiger partial charge in [-0.15, -0.1) is 0 Å². The summed E-state index contributed by atoms with van der Waals surface area (Å²) in [5.74, 6) is 0.790. The Hall–Kier alpha value is -3.86. The van der Waals surface area contributed by atoms with Crippen molar-refractivity contribution >= 4 is 27.7 Å². The fourth-order valence-electron chi connectivity index (χ4n) is 4.16. The van der Waals surface area contributed by atoms with Gasteiger partial charge in [-0.05, 0) is 61.7 Å². The Labute approximate surface area is 186 Å². The second-order valence-corrected chi connectivity index (χ2v) is 8.13. The van der Waals surface area contributed by atoms with Gasteiger partial charge in [0.25, 0.3) is 0 Å². The number of rotatable bonds is 7. The monoisotopic (exact) mass is 423 g/mol. The van der Waals surface area contributed by atoms with Crippen LogP contribution < -0.4 is 5.32 Å². The molecular weight excluding hydrogens is 398 g/mol. The number of pyridine rings is 1. The fourth-order valence-corrected chi connectivity index (χ4v) is 4.16. The second-order valence-electron chi connectivity index (χ2n) is 8.13. The number of furan rings is 1. The highest BCUT2D eigenvalue weighted by Gasteiger charge is 2.15. The fraction of sp³-hybridized carbons (Fsp3) is 0.185. The minimum absolute atomic E-state index is 0.0304. The van der Waals surface area contributed by atoms with Crippen molar-refractivity contribution in [1.29, 1.82) is 0 Å². The predicted octanol–water partition coefficient (Wildman–Crippen LogP) is 5.92. The van der Waals surface area contributed by atoms with Gasteiger partial charge in [-0.2, -0.15) is 0 Å². The van der Waals surface area contributed by atoms with Gasteiger partial charge in [-0.3, -0.25) is 4.79 Å². The average molecular weight is 424 g/mol. The third-order valence-electron chi connectivity index (χ3n) is 5.79. The van der Waals surface area contributed by atoms with Crippen LogP contribution in [-0.4, -0.2) is 15.9 Å². The molecule has 3 heterocycles. The molecule has 0 unspecified atom stereocenters. The van der Waals surface area contributed by atoms with E-state index in [2.05, 4.69) is 53.6 Å². The minimum Gasteiger partial charge on any atom is -0.467 e. The zero-order chi connectivity index (χ0) is 21.9. The molecule has 1 amide bonds. The normalized spacial score (nSPS) is 11.3. The van der Waals surface area contributed by atoms with Crippen molar-refractivity contribution in [2.24, 2.45) is 0 Å². The van der Waals surface area contributed by atoms with E-state index in [0.717, 1.165) is 46.4 Å². The first kappa shape index (κ1) is 20.1. The Balaban J connectivity index is 1.39. The lowest BCUT2D eigenvalue weighted by atomic mass is 10.0. The van der Waals surface area contributed by atoms with E-state index in [9.17, 15) is 4.79 Å². The van der Waals surface area contributed by atoms with Crippen LogP contribution in [0.25, 0.3) is 33.2 Å². The maximum atomic E-state index is 12.3. The maximum absolute atomic E-state index is 12.3. The second kappa shape index (κ2) is 8.71. The molecule has 0 spiro atoms. The summed E-state index contributed by atoms with van der Waals surface area (Å²) in [7, 11) is 0. The molecule has 0 saturated heterocycles. The number of nitrogens with zero attached hydrogens (tertiary/aromatic N) is 1. The van der Waals surface area contributed by atoms with Crippen molar-refractivity contribution < 1.29 is 9.21 Å². The van der Waals surface area contributed by atoms with Crippen LogP contribution in [-0.2, 0) is 17.8 Å². The molecule has 0 atom stereocenters. The van der Waals surface area contributed by atoms with Crippen LogP contribution in [0.4, 0.5) is 0 Å². The number of carbonyl (C=O) groups excluding carboxylic acids is 1. The number of amides is 1. The molecule has 0 aliphatic heterocycles. The molecule has 0 saturated carbocycles. The average Bonchev–Trinajstić information content (AvgIpc) is 3.45. The van der Waals surface area contributed by atoms with Crippen LogP contribution >= 0.6 is 0 Å². The molecule has 5 rings (SSSR count). The number of benzene rings is 2. The number of carbonyl (C=O) groups is 1. The number of para-hydroxylation sites is 1. The number of hydrogen-bond donors (Lipinski definition) is 2. The first-order chi connectivity index (χ1) is 15.7. The predicted molar refractivity (Wildman–Crippen MR) is 127 cm³/mol. The van der Waals surface area contributed by atoms with Gasteiger partial charge in [0.2, 0.25) is 5.91 Å². The lowest BCUT2D eigenvalue weighted by Crippen LogP contribution is -2.22. The smallest absolute Gasteiger partial charge is 0.220 e. The number of hydrogen-bond acceptors (Lipinski definition) is 3. The highest BCUT2D eigenvalue weighted by Crippen LogP contribution is 2.32. The van der Waals surface area contributed by atoms with Gasteiger partial charge in [0.1, 0.15) is 5.76 Å². The first-order valence-electron chi connectivity index (χ1n) is 10.9. The number of fused-ring (bicyclic) bond motifs is 2. The molecule has 0 aliphatic rings. The summed E-state index contributed by atoms with van der Waals surface area (Å²) in [4.78, 5) is 20.8. The summed E-state index contributed by atoms with van der Waals surface area (Å²) in [6.07, 6.45) is 3.62. The van der Waals surface area contributed by atoms with E-state index < -0.39 is 0 Å². The molecule has 5 nitrogen and oxygen atoms in total. The summed E-state index contributed by atoms with van der Waals surface area (Å²) in [5.41, 5.74) is 6.46. The SMILES string of the molecule is Cc1ccc2[nH]c(-c3ccc4ccccc4n3)c(CCCC(=O)NCc3ccco3)c2c1. The molecule has 32 heavy (non-hydrogen) atoms. The Morgan fingerprint density at radius 3 is 2.84 bits per heavy atom. The molecule has 2 aromatic carbocycles. The van der Waals surface area contributed by atoms with Crippen molar-refractivity contribution in [1.82, 2.24) is 15.3 Å². The Kier molecular flexibility index (Phi) is 5.46. The summed E-state index contributed by atoms with van der Waals surface area (Å²) >= 11 is 0. The zero-order valence-corrected chi connectivity index (χ0v) is 18.0. The largest absolute Gasteiger partial charge is 0.467 e. The minimum atomic E-state index is 0.0304. The van der Waals surface area contributed by atoms with Crippen molar-refractivity contribution in [2.45, 2.75) is 32.7 Å². The quantitative estimate of drug-likeness (QED) is 0.341. The molecule has 0 fully saturated rings. The molecule has 3 aromatic heterocycles. The van der Waals surface area contributed by atoms with Gasteiger partial charge >= 0.3 is 0 Å². The van der Waals surface area contributed by atoms with Gasteiger partial charge in [-0.25, -0.2) is 4.98 Å². The van der Waals surface area contributed by atoms with E-state index in [1.807, 2.05) is 30.3 Å². The number of aromatic amines is 1. The van der Waals surface area contributed by atoms with Crippen molar-refractivity contribution in [3.8, 4) is 11.4 Å². The first-order valence-corrected chi connectivity index (χ1v) is 10.9. The van der Waals surface area contributed by atoms with Crippen molar-refractivity contribution in [3.05, 3.63) is 89.9 Å². The lowest BCUT2D eigenvalue weighted by Gasteiger charge is -2.07. The highest BCUT2D eigenvalue weighted by molar-refractivity contribution is 5.92. The van der Waals surface area contributed by atoms with Crippen LogP contribution in [0.2, 0.25) is 0 Å². The van der Waals surface area contributed by atoms with Crippen LogP contribution in [0, 0.1) is 6.92 Å². The third kappa shape index (κ3) is 4.14.